The molecule has 3 rings (SSSR count). The highest BCUT2D eigenvalue weighted by Crippen LogP contribution is 2.13. The number of benzene rings is 2. The number of amides is 1. The maximum atomic E-state index is 12.5. The van der Waals surface area contributed by atoms with Gasteiger partial charge >= 0.3 is 0 Å². The normalized spacial score (nSPS) is 16.0. The second-order valence-electron chi connectivity index (χ2n) is 6.98. The minimum absolute atomic E-state index is 0.0717. The number of hydrogen-bond donors (Lipinski definition) is 1. The number of nitrogens with zero attached hydrogens (tertiary/aromatic N) is 2. The molecule has 0 radical (unpaired) electrons. The third kappa shape index (κ3) is 5.79. The van der Waals surface area contributed by atoms with E-state index in [1.54, 1.807) is 7.11 Å². The van der Waals surface area contributed by atoms with Gasteiger partial charge in [0, 0.05) is 38.3 Å². The van der Waals surface area contributed by atoms with Crippen molar-refractivity contribution in [2.45, 2.75) is 12.7 Å². The van der Waals surface area contributed by atoms with Crippen molar-refractivity contribution in [3.8, 4) is 5.75 Å². The van der Waals surface area contributed by atoms with Gasteiger partial charge in [-0.15, -0.1) is 0 Å². The summed E-state index contributed by atoms with van der Waals surface area (Å²) in [4.78, 5) is 16.5. The van der Waals surface area contributed by atoms with E-state index >= 15 is 0 Å². The number of carbonyl (C=O) groups excluding carboxylic acids is 1. The Bertz CT molecular complexity index is 745. The SMILES string of the molecule is COc1cccc(COCC(O)CN2CCN(C(=O)c3ccccc3)CC2)c1. The lowest BCUT2D eigenvalue weighted by Gasteiger charge is -2.35. The molecule has 1 atom stereocenters. The van der Waals surface area contributed by atoms with E-state index in [0.29, 0.717) is 26.2 Å². The lowest BCUT2D eigenvalue weighted by molar-refractivity contribution is 0.00203. The summed E-state index contributed by atoms with van der Waals surface area (Å²) in [6.45, 7) is 4.12. The van der Waals surface area contributed by atoms with Gasteiger partial charge in [-0.1, -0.05) is 30.3 Å². The zero-order valence-electron chi connectivity index (χ0n) is 16.3. The Hall–Kier alpha value is -2.41. The summed E-state index contributed by atoms with van der Waals surface area (Å²) in [5.41, 5.74) is 1.74. The Balaban J connectivity index is 1.36. The van der Waals surface area contributed by atoms with Gasteiger partial charge in [0.05, 0.1) is 26.4 Å². The average molecular weight is 384 g/mol. The van der Waals surface area contributed by atoms with Gasteiger partial charge in [-0.2, -0.15) is 0 Å². The Morgan fingerprint density at radius 1 is 1.07 bits per heavy atom. The summed E-state index contributed by atoms with van der Waals surface area (Å²) in [5, 5.41) is 10.3. The topological polar surface area (TPSA) is 62.2 Å². The quantitative estimate of drug-likeness (QED) is 0.755. The van der Waals surface area contributed by atoms with Crippen LogP contribution in [0, 0.1) is 0 Å². The molecule has 1 amide bonds. The number of hydrogen-bond acceptors (Lipinski definition) is 5. The molecular weight excluding hydrogens is 356 g/mol. The maximum Gasteiger partial charge on any atom is 0.253 e. The summed E-state index contributed by atoms with van der Waals surface area (Å²) in [6, 6.07) is 17.1. The van der Waals surface area contributed by atoms with E-state index in [0.717, 1.165) is 30.0 Å². The highest BCUT2D eigenvalue weighted by molar-refractivity contribution is 5.94. The maximum absolute atomic E-state index is 12.5. The third-order valence-electron chi connectivity index (χ3n) is 4.86. The fourth-order valence-electron chi connectivity index (χ4n) is 3.32. The second-order valence-corrected chi connectivity index (χ2v) is 6.98. The summed E-state index contributed by atoms with van der Waals surface area (Å²) in [7, 11) is 1.64. The minimum Gasteiger partial charge on any atom is -0.497 e. The van der Waals surface area contributed by atoms with E-state index in [2.05, 4.69) is 4.90 Å². The first kappa shape index (κ1) is 20.3. The standard InChI is InChI=1S/C22H28N2O4/c1-27-21-9-5-6-18(14-21)16-28-17-20(25)15-23-10-12-24(13-11-23)22(26)19-7-3-2-4-8-19/h2-9,14,20,25H,10-13,15-17H2,1H3. The molecule has 1 aliphatic heterocycles. The van der Waals surface area contributed by atoms with E-state index in [4.69, 9.17) is 9.47 Å². The van der Waals surface area contributed by atoms with Gasteiger partial charge in [0.15, 0.2) is 0 Å². The number of β-amino-alcohol motifs (C(OH)–C–C–N with tert-alkyl or cyclic N) is 1. The molecule has 1 unspecified atom stereocenters. The van der Waals surface area contributed by atoms with Crippen molar-refractivity contribution in [2.75, 3.05) is 46.4 Å². The molecule has 1 saturated heterocycles. The highest BCUT2D eigenvalue weighted by atomic mass is 16.5. The van der Waals surface area contributed by atoms with Crippen molar-refractivity contribution < 1.29 is 19.4 Å². The van der Waals surface area contributed by atoms with Crippen LogP contribution >= 0.6 is 0 Å². The largest absolute Gasteiger partial charge is 0.497 e. The Morgan fingerprint density at radius 3 is 2.54 bits per heavy atom. The molecular formula is C22H28N2O4. The van der Waals surface area contributed by atoms with E-state index in [1.165, 1.54) is 0 Å². The zero-order chi connectivity index (χ0) is 19.8. The molecule has 2 aromatic carbocycles. The molecule has 2 aromatic rings. The smallest absolute Gasteiger partial charge is 0.253 e. The van der Waals surface area contributed by atoms with Gasteiger partial charge in [0.2, 0.25) is 0 Å². The Labute approximate surface area is 166 Å². The van der Waals surface area contributed by atoms with Crippen LogP contribution in [-0.4, -0.2) is 73.4 Å². The molecule has 0 bridgehead atoms. The molecule has 0 spiro atoms. The lowest BCUT2D eigenvalue weighted by Crippen LogP contribution is -2.50. The third-order valence-corrected chi connectivity index (χ3v) is 4.86. The first-order valence-electron chi connectivity index (χ1n) is 9.61. The van der Waals surface area contributed by atoms with Crippen LogP contribution in [-0.2, 0) is 11.3 Å². The predicted molar refractivity (Wildman–Crippen MR) is 107 cm³/mol. The van der Waals surface area contributed by atoms with Crippen molar-refractivity contribution in [3.05, 3.63) is 65.7 Å². The zero-order valence-corrected chi connectivity index (χ0v) is 16.3. The van der Waals surface area contributed by atoms with Crippen LogP contribution < -0.4 is 4.74 Å². The molecule has 1 aliphatic rings. The number of methoxy groups -OCH3 is 1. The van der Waals surface area contributed by atoms with Gasteiger partial charge in [-0.25, -0.2) is 0 Å². The summed E-state index contributed by atoms with van der Waals surface area (Å²) in [5.74, 6) is 0.868. The fraction of sp³-hybridized carbons (Fsp3) is 0.409. The van der Waals surface area contributed by atoms with E-state index in [-0.39, 0.29) is 12.5 Å². The molecule has 6 heteroatoms. The first-order valence-corrected chi connectivity index (χ1v) is 9.61. The molecule has 1 fully saturated rings. The average Bonchev–Trinajstić information content (AvgIpc) is 2.74. The first-order chi connectivity index (χ1) is 13.7. The summed E-state index contributed by atoms with van der Waals surface area (Å²) >= 11 is 0. The summed E-state index contributed by atoms with van der Waals surface area (Å²) < 4.78 is 10.8. The van der Waals surface area contributed by atoms with E-state index in [1.807, 2.05) is 59.5 Å². The minimum atomic E-state index is -0.554. The lowest BCUT2D eigenvalue weighted by atomic mass is 10.2. The van der Waals surface area contributed by atoms with Crippen molar-refractivity contribution in [1.29, 1.82) is 0 Å². The van der Waals surface area contributed by atoms with E-state index in [9.17, 15) is 9.90 Å². The monoisotopic (exact) mass is 384 g/mol. The molecule has 0 saturated carbocycles. The molecule has 1 N–H and O–H groups in total. The van der Waals surface area contributed by atoms with Gasteiger partial charge in [0.1, 0.15) is 5.75 Å². The van der Waals surface area contributed by atoms with Gasteiger partial charge < -0.3 is 19.5 Å². The van der Waals surface area contributed by atoms with Crippen LogP contribution in [0.3, 0.4) is 0 Å². The number of carbonyl (C=O) groups is 1. The van der Waals surface area contributed by atoms with Gasteiger partial charge in [0.25, 0.3) is 5.91 Å². The van der Waals surface area contributed by atoms with Crippen molar-refractivity contribution in [1.82, 2.24) is 9.80 Å². The second kappa shape index (κ2) is 10.2. The predicted octanol–water partition coefficient (Wildman–Crippen LogP) is 2.03. The molecule has 1 heterocycles. The Kier molecular flexibility index (Phi) is 7.42. The Morgan fingerprint density at radius 2 is 1.82 bits per heavy atom. The van der Waals surface area contributed by atoms with Crippen LogP contribution in [0.25, 0.3) is 0 Å². The molecule has 6 nitrogen and oxygen atoms in total. The van der Waals surface area contributed by atoms with Crippen LogP contribution in [0.5, 0.6) is 5.75 Å². The molecule has 0 aliphatic carbocycles. The van der Waals surface area contributed by atoms with Crippen LogP contribution in [0.4, 0.5) is 0 Å². The molecule has 28 heavy (non-hydrogen) atoms. The fourth-order valence-corrected chi connectivity index (χ4v) is 3.32. The number of rotatable bonds is 8. The number of ether oxygens (including phenoxy) is 2. The summed E-state index contributed by atoms with van der Waals surface area (Å²) in [6.07, 6.45) is -0.554. The molecule has 0 aromatic heterocycles. The van der Waals surface area contributed by atoms with Crippen molar-refractivity contribution in [2.24, 2.45) is 0 Å². The number of aliphatic hydroxyl groups is 1. The molecule has 150 valence electrons. The van der Waals surface area contributed by atoms with Crippen LogP contribution in [0.15, 0.2) is 54.6 Å². The van der Waals surface area contributed by atoms with Gasteiger partial charge in [-0.05, 0) is 29.8 Å². The van der Waals surface area contributed by atoms with E-state index < -0.39 is 6.10 Å². The van der Waals surface area contributed by atoms with Crippen LogP contribution in [0.1, 0.15) is 15.9 Å². The van der Waals surface area contributed by atoms with Crippen molar-refractivity contribution >= 4 is 5.91 Å². The number of aliphatic hydroxyl groups excluding tert-OH is 1. The highest BCUT2D eigenvalue weighted by Gasteiger charge is 2.23. The van der Waals surface area contributed by atoms with Crippen molar-refractivity contribution in [3.63, 3.8) is 0 Å². The van der Waals surface area contributed by atoms with Gasteiger partial charge in [-0.3, -0.25) is 9.69 Å². The number of piperazine rings is 1. The van der Waals surface area contributed by atoms with Crippen LogP contribution in [0.2, 0.25) is 0 Å².